The maximum absolute atomic E-state index is 12.9. The van der Waals surface area contributed by atoms with Crippen molar-refractivity contribution in [3.05, 3.63) is 47.8 Å². The van der Waals surface area contributed by atoms with Crippen LogP contribution in [0.25, 0.3) is 0 Å². The van der Waals surface area contributed by atoms with E-state index in [1.54, 1.807) is 0 Å². The number of amides is 2. The molecule has 0 saturated heterocycles. The average molecular weight is 341 g/mol. The van der Waals surface area contributed by atoms with Crippen molar-refractivity contribution in [2.45, 2.75) is 46.2 Å². The molecule has 0 spiro atoms. The minimum absolute atomic E-state index is 0.0345. The number of hydrogen-bond acceptors (Lipinski definition) is 2. The summed E-state index contributed by atoms with van der Waals surface area (Å²) in [7, 11) is 0. The molecule has 0 bridgehead atoms. The van der Waals surface area contributed by atoms with Crippen molar-refractivity contribution in [2.24, 2.45) is 0 Å². The van der Waals surface area contributed by atoms with E-state index in [4.69, 9.17) is 4.74 Å². The Morgan fingerprint density at radius 3 is 2.60 bits per heavy atom. The van der Waals surface area contributed by atoms with Gasteiger partial charge >= 0.3 is 6.03 Å². The summed E-state index contributed by atoms with van der Waals surface area (Å²) in [6.07, 6.45) is 2.02. The fourth-order valence-electron chi connectivity index (χ4n) is 3.53. The molecule has 5 heteroatoms. The molecule has 1 atom stereocenters. The second-order valence-corrected chi connectivity index (χ2v) is 6.44. The molecule has 25 heavy (non-hydrogen) atoms. The van der Waals surface area contributed by atoms with Crippen LogP contribution < -0.4 is 10.1 Å². The molecule has 0 fully saturated rings. The van der Waals surface area contributed by atoms with Gasteiger partial charge in [-0.15, -0.1) is 0 Å². The molecule has 1 aromatic heterocycles. The summed E-state index contributed by atoms with van der Waals surface area (Å²) in [6, 6.07) is 11.9. The number of carbonyl (C=O) groups excluding carboxylic acids is 1. The molecular weight excluding hydrogens is 314 g/mol. The first kappa shape index (κ1) is 17.4. The molecule has 3 rings (SSSR count). The number of rotatable bonds is 5. The fraction of sp³-hybridized carbons (Fsp3) is 0.450. The SMILES string of the molecule is CCC[C@H]1c2ccc(C)n2CCN1C(=O)Nc1ccc(OCC)cc1. The maximum atomic E-state index is 12.9. The first-order valence-electron chi connectivity index (χ1n) is 9.10. The second-order valence-electron chi connectivity index (χ2n) is 6.44. The summed E-state index contributed by atoms with van der Waals surface area (Å²) in [6.45, 7) is 8.47. The Kier molecular flexibility index (Phi) is 5.31. The number of hydrogen-bond donors (Lipinski definition) is 1. The smallest absolute Gasteiger partial charge is 0.322 e. The van der Waals surface area contributed by atoms with Crippen molar-refractivity contribution < 1.29 is 9.53 Å². The van der Waals surface area contributed by atoms with Crippen LogP contribution in [0.4, 0.5) is 10.5 Å². The molecular formula is C20H27N3O2. The highest BCUT2D eigenvalue weighted by molar-refractivity contribution is 5.89. The minimum Gasteiger partial charge on any atom is -0.494 e. The zero-order chi connectivity index (χ0) is 17.8. The number of carbonyl (C=O) groups is 1. The zero-order valence-corrected chi connectivity index (χ0v) is 15.3. The number of benzene rings is 1. The summed E-state index contributed by atoms with van der Waals surface area (Å²) in [5, 5.41) is 3.03. The van der Waals surface area contributed by atoms with Crippen LogP contribution in [0.15, 0.2) is 36.4 Å². The van der Waals surface area contributed by atoms with Crippen LogP contribution in [0.1, 0.15) is 44.1 Å². The Morgan fingerprint density at radius 1 is 1.16 bits per heavy atom. The van der Waals surface area contributed by atoms with Gasteiger partial charge in [0.2, 0.25) is 0 Å². The average Bonchev–Trinajstić information content (AvgIpc) is 2.99. The van der Waals surface area contributed by atoms with E-state index in [0.29, 0.717) is 6.61 Å². The minimum atomic E-state index is -0.0345. The third-order valence-electron chi connectivity index (χ3n) is 4.75. The van der Waals surface area contributed by atoms with Crippen LogP contribution >= 0.6 is 0 Å². The molecule has 2 aromatic rings. The Morgan fingerprint density at radius 2 is 1.92 bits per heavy atom. The van der Waals surface area contributed by atoms with E-state index in [1.807, 2.05) is 36.1 Å². The van der Waals surface area contributed by atoms with Crippen LogP contribution in [0, 0.1) is 6.92 Å². The van der Waals surface area contributed by atoms with Gasteiger partial charge in [-0.1, -0.05) is 13.3 Å². The highest BCUT2D eigenvalue weighted by Gasteiger charge is 2.31. The number of aryl methyl sites for hydroxylation is 1. The highest BCUT2D eigenvalue weighted by atomic mass is 16.5. The van der Waals surface area contributed by atoms with Gasteiger partial charge in [-0.3, -0.25) is 0 Å². The number of nitrogens with one attached hydrogen (secondary N) is 1. The first-order chi connectivity index (χ1) is 12.1. The molecule has 0 aliphatic carbocycles. The van der Waals surface area contributed by atoms with Gasteiger partial charge in [0.15, 0.2) is 0 Å². The normalized spacial score (nSPS) is 16.4. The van der Waals surface area contributed by atoms with E-state index < -0.39 is 0 Å². The van der Waals surface area contributed by atoms with Crippen LogP contribution in [-0.2, 0) is 6.54 Å². The van der Waals surface area contributed by atoms with Gasteiger partial charge in [-0.2, -0.15) is 0 Å². The number of aromatic nitrogens is 1. The molecule has 134 valence electrons. The predicted octanol–water partition coefficient (Wildman–Crippen LogP) is 4.58. The van der Waals surface area contributed by atoms with Gasteiger partial charge in [-0.25, -0.2) is 4.79 Å². The monoisotopic (exact) mass is 341 g/mol. The largest absolute Gasteiger partial charge is 0.494 e. The standard InChI is InChI=1S/C20H27N3O2/c1-4-6-18-19-12-7-15(3)22(19)13-14-23(18)20(24)21-16-8-10-17(11-9-16)25-5-2/h7-12,18H,4-6,13-14H2,1-3H3,(H,21,24)/t18-/m0/s1. The molecule has 1 aliphatic rings. The van der Waals surface area contributed by atoms with Crippen LogP contribution in [0.2, 0.25) is 0 Å². The van der Waals surface area contributed by atoms with E-state index >= 15 is 0 Å². The van der Waals surface area contributed by atoms with E-state index in [9.17, 15) is 4.79 Å². The third-order valence-corrected chi connectivity index (χ3v) is 4.75. The van der Waals surface area contributed by atoms with E-state index in [1.165, 1.54) is 11.4 Å². The van der Waals surface area contributed by atoms with E-state index in [-0.39, 0.29) is 12.1 Å². The number of nitrogens with zero attached hydrogens (tertiary/aromatic N) is 2. The Labute approximate surface area is 149 Å². The zero-order valence-electron chi connectivity index (χ0n) is 15.3. The number of urea groups is 1. The highest BCUT2D eigenvalue weighted by Crippen LogP contribution is 2.32. The van der Waals surface area contributed by atoms with Gasteiger partial charge in [0.25, 0.3) is 0 Å². The van der Waals surface area contributed by atoms with Gasteiger partial charge in [0.05, 0.1) is 12.6 Å². The lowest BCUT2D eigenvalue weighted by atomic mass is 10.0. The molecule has 2 amide bonds. The van der Waals surface area contributed by atoms with E-state index in [2.05, 4.69) is 35.9 Å². The molecule has 0 unspecified atom stereocenters. The van der Waals surface area contributed by atoms with Crippen molar-refractivity contribution in [3.8, 4) is 5.75 Å². The van der Waals surface area contributed by atoms with Crippen molar-refractivity contribution in [1.82, 2.24) is 9.47 Å². The molecule has 1 aromatic carbocycles. The Bertz CT molecular complexity index is 721. The Balaban J connectivity index is 1.74. The summed E-state index contributed by atoms with van der Waals surface area (Å²) in [5.74, 6) is 0.815. The summed E-state index contributed by atoms with van der Waals surface area (Å²) in [4.78, 5) is 14.8. The van der Waals surface area contributed by atoms with Crippen LogP contribution in [0.5, 0.6) is 5.75 Å². The molecule has 5 nitrogen and oxygen atoms in total. The first-order valence-corrected chi connectivity index (χ1v) is 9.10. The second kappa shape index (κ2) is 7.64. The van der Waals surface area contributed by atoms with Gasteiger partial charge in [-0.05, 0) is 56.7 Å². The quantitative estimate of drug-likeness (QED) is 0.865. The van der Waals surface area contributed by atoms with Gasteiger partial charge < -0.3 is 19.5 Å². The molecule has 1 N–H and O–H groups in total. The molecule has 0 saturated carbocycles. The van der Waals surface area contributed by atoms with Crippen LogP contribution in [-0.4, -0.2) is 28.6 Å². The predicted molar refractivity (Wildman–Crippen MR) is 100 cm³/mol. The number of ether oxygens (including phenoxy) is 1. The van der Waals surface area contributed by atoms with Gasteiger partial charge in [0, 0.05) is 30.2 Å². The van der Waals surface area contributed by atoms with Gasteiger partial charge in [0.1, 0.15) is 5.75 Å². The maximum Gasteiger partial charge on any atom is 0.322 e. The molecule has 2 heterocycles. The number of fused-ring (bicyclic) bond motifs is 1. The van der Waals surface area contributed by atoms with Crippen molar-refractivity contribution in [1.29, 1.82) is 0 Å². The lowest BCUT2D eigenvalue weighted by Crippen LogP contribution is -2.44. The third kappa shape index (κ3) is 3.65. The van der Waals surface area contributed by atoms with Crippen molar-refractivity contribution in [2.75, 3.05) is 18.5 Å². The lowest BCUT2D eigenvalue weighted by molar-refractivity contribution is 0.162. The Hall–Kier alpha value is -2.43. The number of anilines is 1. The summed E-state index contributed by atoms with van der Waals surface area (Å²) in [5.41, 5.74) is 3.30. The topological polar surface area (TPSA) is 46.5 Å². The van der Waals surface area contributed by atoms with Crippen molar-refractivity contribution in [3.63, 3.8) is 0 Å². The lowest BCUT2D eigenvalue weighted by Gasteiger charge is -2.37. The van der Waals surface area contributed by atoms with E-state index in [0.717, 1.165) is 37.4 Å². The molecule has 1 aliphatic heterocycles. The summed E-state index contributed by atoms with van der Waals surface area (Å²) < 4.78 is 7.78. The summed E-state index contributed by atoms with van der Waals surface area (Å²) >= 11 is 0. The van der Waals surface area contributed by atoms with Crippen LogP contribution in [0.3, 0.4) is 0 Å². The fourth-order valence-corrected chi connectivity index (χ4v) is 3.53. The molecule has 0 radical (unpaired) electrons. The van der Waals surface area contributed by atoms with Crippen molar-refractivity contribution >= 4 is 11.7 Å².